The summed E-state index contributed by atoms with van der Waals surface area (Å²) >= 11 is 0. The molecule has 4 rings (SSSR count). The van der Waals surface area contributed by atoms with Crippen LogP contribution in [-0.2, 0) is 23.1 Å². The van der Waals surface area contributed by atoms with E-state index in [0.717, 1.165) is 26.9 Å². The van der Waals surface area contributed by atoms with Crippen molar-refractivity contribution in [1.82, 2.24) is 9.29 Å². The second kappa shape index (κ2) is 8.64. The summed E-state index contributed by atoms with van der Waals surface area (Å²) in [6.45, 7) is 3.31. The van der Waals surface area contributed by atoms with Crippen LogP contribution < -0.4 is 5.56 Å². The molecular weight excluding hydrogens is 446 g/mol. The van der Waals surface area contributed by atoms with E-state index in [4.69, 9.17) is 4.42 Å². The SMILES string of the molecule is Cc1cc(C)c2[nH]c(=O)c(CN(Cc3ccco3)S(=O)(=O)c3ccccc3[N+](=O)[O-])cc2c1. The first-order valence-electron chi connectivity index (χ1n) is 10.1. The molecule has 0 aliphatic heterocycles. The van der Waals surface area contributed by atoms with Crippen LogP contribution in [0.25, 0.3) is 10.9 Å². The van der Waals surface area contributed by atoms with Crippen molar-refractivity contribution in [3.8, 4) is 0 Å². The van der Waals surface area contributed by atoms with Gasteiger partial charge in [-0.25, -0.2) is 8.42 Å². The summed E-state index contributed by atoms with van der Waals surface area (Å²) in [5, 5.41) is 12.2. The smallest absolute Gasteiger partial charge is 0.289 e. The Hall–Kier alpha value is -3.76. The number of benzene rings is 2. The Morgan fingerprint density at radius 1 is 1.06 bits per heavy atom. The highest BCUT2D eigenvalue weighted by molar-refractivity contribution is 7.89. The standard InChI is InChI=1S/C23H21N3O6S/c1-15-10-16(2)22-17(11-15)12-18(23(27)24-22)13-25(14-19-6-5-9-32-19)33(30,31)21-8-4-3-7-20(21)26(28)29/h3-12H,13-14H2,1-2H3,(H,24,27). The molecule has 0 radical (unpaired) electrons. The fourth-order valence-electron chi connectivity index (χ4n) is 3.81. The van der Waals surface area contributed by atoms with E-state index >= 15 is 0 Å². The molecule has 0 unspecified atom stereocenters. The Morgan fingerprint density at radius 3 is 2.52 bits per heavy atom. The van der Waals surface area contributed by atoms with Crippen LogP contribution in [-0.4, -0.2) is 22.6 Å². The van der Waals surface area contributed by atoms with Crippen molar-refractivity contribution in [3.05, 3.63) is 104 Å². The number of pyridine rings is 1. The Balaban J connectivity index is 1.83. The molecule has 2 aromatic carbocycles. The van der Waals surface area contributed by atoms with Crippen LogP contribution in [0.15, 0.2) is 75.0 Å². The summed E-state index contributed by atoms with van der Waals surface area (Å²) in [6.07, 6.45) is 1.40. The highest BCUT2D eigenvalue weighted by Gasteiger charge is 2.32. The minimum Gasteiger partial charge on any atom is -0.468 e. The number of nitrogens with one attached hydrogen (secondary N) is 1. The van der Waals surface area contributed by atoms with E-state index in [-0.39, 0.29) is 18.7 Å². The number of nitrogens with zero attached hydrogens (tertiary/aromatic N) is 2. The quantitative estimate of drug-likeness (QED) is 0.323. The van der Waals surface area contributed by atoms with Crippen molar-refractivity contribution >= 4 is 26.6 Å². The first kappa shape index (κ1) is 22.4. The molecule has 2 heterocycles. The second-order valence-corrected chi connectivity index (χ2v) is 9.65. The molecule has 0 atom stereocenters. The van der Waals surface area contributed by atoms with Crippen molar-refractivity contribution in [2.45, 2.75) is 31.8 Å². The normalized spacial score (nSPS) is 11.8. The number of aryl methyl sites for hydroxylation is 2. The molecule has 33 heavy (non-hydrogen) atoms. The molecule has 0 spiro atoms. The second-order valence-electron chi connectivity index (χ2n) is 7.75. The monoisotopic (exact) mass is 467 g/mol. The summed E-state index contributed by atoms with van der Waals surface area (Å²) < 4.78 is 33.4. The van der Waals surface area contributed by atoms with Gasteiger partial charge in [0.05, 0.1) is 23.2 Å². The van der Waals surface area contributed by atoms with Gasteiger partial charge in [0.25, 0.3) is 21.3 Å². The number of fused-ring (bicyclic) bond motifs is 1. The van der Waals surface area contributed by atoms with Crippen LogP contribution in [0, 0.1) is 24.0 Å². The summed E-state index contributed by atoms with van der Waals surface area (Å²) in [5.74, 6) is 0.334. The lowest BCUT2D eigenvalue weighted by atomic mass is 10.1. The van der Waals surface area contributed by atoms with Gasteiger partial charge in [0, 0.05) is 18.2 Å². The molecule has 0 fully saturated rings. The molecule has 2 aromatic heterocycles. The minimum atomic E-state index is -4.36. The average Bonchev–Trinajstić information content (AvgIpc) is 3.27. The highest BCUT2D eigenvalue weighted by Crippen LogP contribution is 2.29. The third-order valence-electron chi connectivity index (χ3n) is 5.31. The Kier molecular flexibility index (Phi) is 5.88. The molecule has 170 valence electrons. The van der Waals surface area contributed by atoms with Gasteiger partial charge < -0.3 is 9.40 Å². The lowest BCUT2D eigenvalue weighted by Gasteiger charge is -2.21. The summed E-state index contributed by atoms with van der Waals surface area (Å²) in [5.41, 5.74) is 1.80. The predicted molar refractivity (Wildman–Crippen MR) is 122 cm³/mol. The first-order valence-corrected chi connectivity index (χ1v) is 11.5. The Bertz CT molecular complexity index is 1510. The van der Waals surface area contributed by atoms with Gasteiger partial charge in [-0.05, 0) is 55.1 Å². The number of sulfonamides is 1. The zero-order valence-corrected chi connectivity index (χ0v) is 18.8. The molecule has 0 amide bonds. The van der Waals surface area contributed by atoms with Crippen molar-refractivity contribution in [1.29, 1.82) is 0 Å². The average molecular weight is 468 g/mol. The van der Waals surface area contributed by atoms with Gasteiger partial charge in [-0.1, -0.05) is 23.8 Å². The summed E-state index contributed by atoms with van der Waals surface area (Å²) in [7, 11) is -4.36. The van der Waals surface area contributed by atoms with Crippen molar-refractivity contribution in [2.24, 2.45) is 0 Å². The summed E-state index contributed by atoms with van der Waals surface area (Å²) in [4.78, 5) is 26.0. The maximum Gasteiger partial charge on any atom is 0.289 e. The molecule has 0 saturated carbocycles. The zero-order chi connectivity index (χ0) is 23.8. The number of hydrogen-bond acceptors (Lipinski definition) is 6. The van der Waals surface area contributed by atoms with Crippen LogP contribution in [0.2, 0.25) is 0 Å². The van der Waals surface area contributed by atoms with Crippen LogP contribution >= 0.6 is 0 Å². The molecule has 0 aliphatic rings. The number of hydrogen-bond donors (Lipinski definition) is 1. The van der Waals surface area contributed by atoms with E-state index < -0.39 is 31.1 Å². The van der Waals surface area contributed by atoms with Gasteiger partial charge in [0.2, 0.25) is 0 Å². The van der Waals surface area contributed by atoms with Gasteiger partial charge in [-0.3, -0.25) is 14.9 Å². The van der Waals surface area contributed by atoms with E-state index in [1.165, 1.54) is 24.5 Å². The summed E-state index contributed by atoms with van der Waals surface area (Å²) in [6, 6.07) is 13.8. The third kappa shape index (κ3) is 4.43. The van der Waals surface area contributed by atoms with Crippen LogP contribution in [0.4, 0.5) is 5.69 Å². The number of para-hydroxylation sites is 1. The maximum atomic E-state index is 13.5. The van der Waals surface area contributed by atoms with Crippen LogP contribution in [0.1, 0.15) is 22.5 Å². The number of furan rings is 1. The number of H-pyrrole nitrogens is 1. The lowest BCUT2D eigenvalue weighted by Crippen LogP contribution is -2.33. The van der Waals surface area contributed by atoms with E-state index in [2.05, 4.69) is 4.98 Å². The van der Waals surface area contributed by atoms with Gasteiger partial charge >= 0.3 is 0 Å². The predicted octanol–water partition coefficient (Wildman–Crippen LogP) is 4.04. The number of aromatic amines is 1. The van der Waals surface area contributed by atoms with Gasteiger partial charge in [0.15, 0.2) is 4.90 Å². The third-order valence-corrected chi connectivity index (χ3v) is 7.15. The van der Waals surface area contributed by atoms with Gasteiger partial charge in [-0.2, -0.15) is 4.31 Å². The van der Waals surface area contributed by atoms with E-state index in [1.54, 1.807) is 18.2 Å². The molecule has 4 aromatic rings. The molecule has 0 aliphatic carbocycles. The molecule has 0 bridgehead atoms. The minimum absolute atomic E-state index is 0.203. The lowest BCUT2D eigenvalue weighted by molar-refractivity contribution is -0.387. The zero-order valence-electron chi connectivity index (χ0n) is 17.9. The van der Waals surface area contributed by atoms with Gasteiger partial charge in [-0.15, -0.1) is 0 Å². The molecule has 1 N–H and O–H groups in total. The number of rotatable bonds is 7. The van der Waals surface area contributed by atoms with Crippen molar-refractivity contribution < 1.29 is 17.8 Å². The number of nitro benzene ring substituents is 1. The molecule has 9 nitrogen and oxygen atoms in total. The largest absolute Gasteiger partial charge is 0.468 e. The maximum absolute atomic E-state index is 13.5. The first-order chi connectivity index (χ1) is 15.7. The van der Waals surface area contributed by atoms with E-state index in [0.29, 0.717) is 11.3 Å². The fourth-order valence-corrected chi connectivity index (χ4v) is 5.35. The highest BCUT2D eigenvalue weighted by atomic mass is 32.2. The Morgan fingerprint density at radius 2 is 1.82 bits per heavy atom. The fraction of sp³-hybridized carbons (Fsp3) is 0.174. The van der Waals surface area contributed by atoms with Gasteiger partial charge in [0.1, 0.15) is 5.76 Å². The topological polar surface area (TPSA) is 127 Å². The number of aromatic nitrogens is 1. The molecular formula is C23H21N3O6S. The van der Waals surface area contributed by atoms with Crippen LogP contribution in [0.3, 0.4) is 0 Å². The van der Waals surface area contributed by atoms with E-state index in [9.17, 15) is 23.3 Å². The van der Waals surface area contributed by atoms with Crippen LogP contribution in [0.5, 0.6) is 0 Å². The van der Waals surface area contributed by atoms with E-state index in [1.807, 2.05) is 26.0 Å². The van der Waals surface area contributed by atoms with Crippen molar-refractivity contribution in [2.75, 3.05) is 0 Å². The number of nitro groups is 1. The molecule has 10 heteroatoms. The Labute approximate surface area is 189 Å². The molecule has 0 saturated heterocycles. The van der Waals surface area contributed by atoms with Crippen molar-refractivity contribution in [3.63, 3.8) is 0 Å².